The van der Waals surface area contributed by atoms with Gasteiger partial charge in [0.2, 0.25) is 0 Å². The van der Waals surface area contributed by atoms with Gasteiger partial charge in [0, 0.05) is 65.0 Å². The van der Waals surface area contributed by atoms with Crippen LogP contribution in [0.4, 0.5) is 5.69 Å². The Kier molecular flexibility index (Phi) is 7.17. The van der Waals surface area contributed by atoms with E-state index in [0.717, 1.165) is 72.7 Å². The number of hydrogen-bond acceptors (Lipinski definition) is 6. The molecule has 0 spiro atoms. The van der Waals surface area contributed by atoms with Gasteiger partial charge in [-0.05, 0) is 73.4 Å². The molecule has 0 aliphatic carbocycles. The van der Waals surface area contributed by atoms with Crippen LogP contribution in [0.2, 0.25) is 0 Å². The fourth-order valence-corrected chi connectivity index (χ4v) is 6.58. The summed E-state index contributed by atoms with van der Waals surface area (Å²) in [6, 6.07) is 21.9. The van der Waals surface area contributed by atoms with Crippen LogP contribution in [0, 0.1) is 20.8 Å². The number of fused-ring (bicyclic) bond motifs is 3. The average molecular weight is 603 g/mol. The largest absolute Gasteiger partial charge is 0.311 e. The lowest BCUT2D eigenvalue weighted by molar-refractivity contribution is 0.0986. The molecule has 0 unspecified atom stereocenters. The summed E-state index contributed by atoms with van der Waals surface area (Å²) in [5, 5.41) is 1.95. The predicted octanol–water partition coefficient (Wildman–Crippen LogP) is 7.71. The normalized spacial score (nSPS) is 11.2. The summed E-state index contributed by atoms with van der Waals surface area (Å²) in [7, 11) is 1.77. The summed E-state index contributed by atoms with van der Waals surface area (Å²) in [5.74, 6) is -0.265. The average Bonchev–Trinajstić information content (AvgIpc) is 3.40. The molecule has 0 aliphatic rings. The molecule has 0 atom stereocenters. The molecule has 7 rings (SSSR count). The zero-order valence-corrected chi connectivity index (χ0v) is 25.9. The number of rotatable bonds is 6. The molecule has 46 heavy (non-hydrogen) atoms. The molecule has 8 nitrogen and oxygen atoms in total. The number of benzene rings is 4. The lowest BCUT2D eigenvalue weighted by atomic mass is 10.0. The third-order valence-corrected chi connectivity index (χ3v) is 8.48. The van der Waals surface area contributed by atoms with Crippen molar-refractivity contribution in [3.8, 4) is 27.9 Å². The highest BCUT2D eigenvalue weighted by Gasteiger charge is 2.26. The van der Waals surface area contributed by atoms with E-state index in [1.807, 2.05) is 57.2 Å². The molecule has 4 aromatic carbocycles. The first-order valence-electron chi connectivity index (χ1n) is 14.9. The number of amides is 1. The molecule has 0 saturated heterocycles. The van der Waals surface area contributed by atoms with E-state index < -0.39 is 0 Å². The number of nitrogens with zero attached hydrogens (tertiary/aromatic N) is 6. The lowest BCUT2D eigenvalue weighted by Gasteiger charge is -2.25. The van der Waals surface area contributed by atoms with Crippen molar-refractivity contribution in [1.29, 1.82) is 0 Å². The zero-order valence-electron chi connectivity index (χ0n) is 25.9. The van der Waals surface area contributed by atoms with Crippen molar-refractivity contribution in [2.45, 2.75) is 20.8 Å². The highest BCUT2D eigenvalue weighted by molar-refractivity contribution is 6.16. The highest BCUT2D eigenvalue weighted by Crippen LogP contribution is 2.38. The summed E-state index contributed by atoms with van der Waals surface area (Å²) >= 11 is 0. The van der Waals surface area contributed by atoms with Crippen LogP contribution >= 0.6 is 0 Å². The zero-order chi connectivity index (χ0) is 31.9. The second-order valence-corrected chi connectivity index (χ2v) is 11.5. The molecule has 8 heteroatoms. The molecule has 0 bridgehead atoms. The fraction of sp³-hybridized carbons (Fsp3) is 0.105. The van der Waals surface area contributed by atoms with Gasteiger partial charge in [-0.3, -0.25) is 9.59 Å². The van der Waals surface area contributed by atoms with Crippen molar-refractivity contribution in [2.75, 3.05) is 11.9 Å². The van der Waals surface area contributed by atoms with Gasteiger partial charge in [-0.25, -0.2) is 19.9 Å². The number of carbonyl (C=O) groups is 2. The van der Waals surface area contributed by atoms with Crippen LogP contribution in [-0.4, -0.2) is 43.7 Å². The second kappa shape index (κ2) is 11.5. The molecule has 0 saturated carbocycles. The molecule has 0 radical (unpaired) electrons. The number of anilines is 1. The van der Waals surface area contributed by atoms with Crippen molar-refractivity contribution in [2.24, 2.45) is 0 Å². The molecule has 0 aliphatic heterocycles. The van der Waals surface area contributed by atoms with Gasteiger partial charge in [-0.2, -0.15) is 0 Å². The van der Waals surface area contributed by atoms with Crippen molar-refractivity contribution in [3.63, 3.8) is 0 Å². The van der Waals surface area contributed by atoms with Crippen LogP contribution in [0.25, 0.3) is 49.7 Å². The highest BCUT2D eigenvalue weighted by atomic mass is 16.2. The van der Waals surface area contributed by atoms with Gasteiger partial charge in [-0.15, -0.1) is 0 Å². The first-order valence-corrected chi connectivity index (χ1v) is 14.9. The summed E-state index contributed by atoms with van der Waals surface area (Å²) in [5.41, 5.74) is 10.7. The maximum atomic E-state index is 14.5. The van der Waals surface area contributed by atoms with Crippen LogP contribution in [0.15, 0.2) is 104 Å². The number of aldehydes is 1. The summed E-state index contributed by atoms with van der Waals surface area (Å²) in [6.45, 7) is 6.05. The van der Waals surface area contributed by atoms with E-state index in [1.54, 1.807) is 42.8 Å². The maximum absolute atomic E-state index is 14.5. The van der Waals surface area contributed by atoms with Crippen molar-refractivity contribution in [3.05, 3.63) is 132 Å². The van der Waals surface area contributed by atoms with E-state index in [0.29, 0.717) is 16.8 Å². The molecule has 3 heterocycles. The van der Waals surface area contributed by atoms with Gasteiger partial charge in [0.15, 0.2) is 6.29 Å². The minimum Gasteiger partial charge on any atom is -0.311 e. The lowest BCUT2D eigenvalue weighted by Crippen LogP contribution is -2.30. The van der Waals surface area contributed by atoms with Gasteiger partial charge in [0.05, 0.1) is 22.3 Å². The van der Waals surface area contributed by atoms with Crippen LogP contribution in [0.5, 0.6) is 0 Å². The smallest absolute Gasteiger partial charge is 0.260 e. The van der Waals surface area contributed by atoms with Crippen LogP contribution < -0.4 is 4.90 Å². The van der Waals surface area contributed by atoms with Crippen LogP contribution in [0.1, 0.15) is 37.4 Å². The Balaban J connectivity index is 1.50. The molecular weight excluding hydrogens is 572 g/mol. The third-order valence-electron chi connectivity index (χ3n) is 8.48. The Morgan fingerprint density at radius 2 is 1.22 bits per heavy atom. The van der Waals surface area contributed by atoms with Crippen molar-refractivity contribution in [1.82, 2.24) is 24.5 Å². The van der Waals surface area contributed by atoms with Gasteiger partial charge in [-0.1, -0.05) is 42.0 Å². The number of aromatic nitrogens is 5. The molecule has 3 aromatic heterocycles. The van der Waals surface area contributed by atoms with E-state index >= 15 is 0 Å². The molecule has 224 valence electrons. The van der Waals surface area contributed by atoms with E-state index in [4.69, 9.17) is 0 Å². The molecule has 0 fully saturated rings. The summed E-state index contributed by atoms with van der Waals surface area (Å²) in [6.07, 6.45) is 10.9. The van der Waals surface area contributed by atoms with Gasteiger partial charge >= 0.3 is 0 Å². The first-order chi connectivity index (χ1) is 22.4. The fourth-order valence-electron chi connectivity index (χ4n) is 6.58. The second-order valence-electron chi connectivity index (χ2n) is 11.5. The van der Waals surface area contributed by atoms with E-state index in [1.165, 1.54) is 12.7 Å². The molecular formula is C38H30N6O2. The van der Waals surface area contributed by atoms with Crippen LogP contribution in [0.3, 0.4) is 0 Å². The monoisotopic (exact) mass is 602 g/mol. The number of aryl methyl sites for hydroxylation is 3. The van der Waals surface area contributed by atoms with Gasteiger partial charge < -0.3 is 9.47 Å². The standard InChI is InChI=1S/C38H30N6O2/c1-23-12-24(2)37(25(3)13-23)43(4)38(46)36-28(20-45)6-5-7-35(36)44-33-10-8-26(29-16-39-21-40-17-29)14-31(33)32-15-27(9-11-34(32)44)30-18-41-22-42-19-30/h5-22H,1-4H3. The maximum Gasteiger partial charge on any atom is 0.260 e. The Labute approximate surface area is 266 Å². The van der Waals surface area contributed by atoms with Crippen molar-refractivity contribution >= 4 is 39.7 Å². The summed E-state index contributed by atoms with van der Waals surface area (Å²) < 4.78 is 2.07. The van der Waals surface area contributed by atoms with Gasteiger partial charge in [0.1, 0.15) is 12.7 Å². The van der Waals surface area contributed by atoms with Gasteiger partial charge in [0.25, 0.3) is 5.91 Å². The third kappa shape index (κ3) is 4.80. The Morgan fingerprint density at radius 1 is 0.696 bits per heavy atom. The number of carbonyl (C=O) groups excluding carboxylic acids is 2. The minimum absolute atomic E-state index is 0.265. The molecule has 7 aromatic rings. The van der Waals surface area contributed by atoms with Crippen LogP contribution in [-0.2, 0) is 0 Å². The quantitative estimate of drug-likeness (QED) is 0.181. The Morgan fingerprint density at radius 3 is 1.72 bits per heavy atom. The topological polar surface area (TPSA) is 93.9 Å². The molecule has 0 N–H and O–H groups in total. The van der Waals surface area contributed by atoms with E-state index in [2.05, 4.69) is 48.8 Å². The Hall–Kier alpha value is -6.02. The van der Waals surface area contributed by atoms with Crippen molar-refractivity contribution < 1.29 is 9.59 Å². The Bertz CT molecular complexity index is 2170. The minimum atomic E-state index is -0.265. The first kappa shape index (κ1) is 28.7. The molecule has 1 amide bonds. The predicted molar refractivity (Wildman–Crippen MR) is 182 cm³/mol. The summed E-state index contributed by atoms with van der Waals surface area (Å²) in [4.78, 5) is 45.5. The SMILES string of the molecule is Cc1cc(C)c(N(C)C(=O)c2c(C=O)cccc2-n2c3ccc(-c4cncnc4)cc3c3cc(-c4cncnc4)ccc32)c(C)c1. The van der Waals surface area contributed by atoms with E-state index in [9.17, 15) is 9.59 Å². The number of hydrogen-bond donors (Lipinski definition) is 0. The van der Waals surface area contributed by atoms with E-state index in [-0.39, 0.29) is 5.91 Å².